The van der Waals surface area contributed by atoms with Crippen molar-refractivity contribution in [1.29, 1.82) is 0 Å². The molecule has 0 amide bonds. The predicted molar refractivity (Wildman–Crippen MR) is 242 cm³/mol. The van der Waals surface area contributed by atoms with Crippen molar-refractivity contribution in [2.45, 2.75) is 206 Å². The first-order chi connectivity index (χ1) is 28.7. The van der Waals surface area contributed by atoms with E-state index in [0.29, 0.717) is 19.3 Å². The molecule has 3 N–H and O–H groups in total. The second kappa shape index (κ2) is 43.7. The topological polar surface area (TPSA) is 149 Å². The van der Waals surface area contributed by atoms with Crippen LogP contribution in [0.4, 0.5) is 0 Å². The number of aliphatic hydroxyl groups excluding tert-OH is 2. The van der Waals surface area contributed by atoms with Gasteiger partial charge in [-0.1, -0.05) is 177 Å². The van der Waals surface area contributed by atoms with Gasteiger partial charge in [-0.3, -0.25) is 18.6 Å². The first-order valence-electron chi connectivity index (χ1n) is 23.2. The Balaban J connectivity index is 4.40. The van der Waals surface area contributed by atoms with E-state index in [-0.39, 0.29) is 19.4 Å². The van der Waals surface area contributed by atoms with Crippen LogP contribution in [-0.2, 0) is 32.7 Å². The van der Waals surface area contributed by atoms with Gasteiger partial charge in [0.2, 0.25) is 0 Å². The first kappa shape index (κ1) is 56.7. The van der Waals surface area contributed by atoms with Crippen molar-refractivity contribution in [2.24, 2.45) is 0 Å². The Labute approximate surface area is 359 Å². The van der Waals surface area contributed by atoms with Gasteiger partial charge < -0.3 is 24.6 Å². The summed E-state index contributed by atoms with van der Waals surface area (Å²) in [6, 6.07) is 0. The van der Waals surface area contributed by atoms with Crippen LogP contribution in [0.5, 0.6) is 0 Å². The van der Waals surface area contributed by atoms with Gasteiger partial charge in [-0.25, -0.2) is 4.57 Å². The van der Waals surface area contributed by atoms with Crippen LogP contribution < -0.4 is 0 Å². The van der Waals surface area contributed by atoms with E-state index in [9.17, 15) is 24.2 Å². The van der Waals surface area contributed by atoms with E-state index in [1.54, 1.807) is 0 Å². The number of hydrogen-bond acceptors (Lipinski definition) is 9. The number of hydrogen-bond donors (Lipinski definition) is 3. The molecule has 342 valence electrons. The van der Waals surface area contributed by atoms with Crippen LogP contribution >= 0.6 is 7.82 Å². The molecule has 0 rings (SSSR count). The zero-order chi connectivity index (χ0) is 43.3. The Hall–Kier alpha value is -2.33. The molecule has 0 aromatic heterocycles. The Morgan fingerprint density at radius 1 is 0.508 bits per heavy atom. The third-order valence-electron chi connectivity index (χ3n) is 9.66. The van der Waals surface area contributed by atoms with Crippen LogP contribution in [0.2, 0.25) is 0 Å². The van der Waals surface area contributed by atoms with Gasteiger partial charge in [0.15, 0.2) is 6.10 Å². The third kappa shape index (κ3) is 43.6. The van der Waals surface area contributed by atoms with Crippen molar-refractivity contribution < 1.29 is 47.8 Å². The molecule has 0 aromatic carbocycles. The molecule has 3 atom stereocenters. The molecule has 0 fully saturated rings. The lowest BCUT2D eigenvalue weighted by Crippen LogP contribution is -2.29. The Bertz CT molecular complexity index is 1160. The maximum Gasteiger partial charge on any atom is 0.472 e. The van der Waals surface area contributed by atoms with E-state index in [1.807, 2.05) is 12.2 Å². The maximum absolute atomic E-state index is 12.6. The average molecular weight is 853 g/mol. The summed E-state index contributed by atoms with van der Waals surface area (Å²) < 4.78 is 32.6. The van der Waals surface area contributed by atoms with Crippen molar-refractivity contribution in [3.63, 3.8) is 0 Å². The summed E-state index contributed by atoms with van der Waals surface area (Å²) in [4.78, 5) is 35.0. The summed E-state index contributed by atoms with van der Waals surface area (Å²) in [5.41, 5.74) is 0. The summed E-state index contributed by atoms with van der Waals surface area (Å²) in [7, 11) is -4.64. The monoisotopic (exact) mass is 853 g/mol. The molecule has 11 heteroatoms. The highest BCUT2D eigenvalue weighted by molar-refractivity contribution is 7.47. The number of allylic oxidation sites excluding steroid dienone is 10. The van der Waals surface area contributed by atoms with E-state index in [2.05, 4.69) is 67.0 Å². The number of carbonyl (C=O) groups is 2. The lowest BCUT2D eigenvalue weighted by molar-refractivity contribution is -0.161. The lowest BCUT2D eigenvalue weighted by Gasteiger charge is -2.20. The molecule has 0 saturated carbocycles. The number of aliphatic hydroxyl groups is 2. The van der Waals surface area contributed by atoms with Gasteiger partial charge in [-0.05, 0) is 64.2 Å². The van der Waals surface area contributed by atoms with Crippen molar-refractivity contribution in [1.82, 2.24) is 0 Å². The highest BCUT2D eigenvalue weighted by atomic mass is 31.2. The van der Waals surface area contributed by atoms with Gasteiger partial charge in [0, 0.05) is 12.8 Å². The van der Waals surface area contributed by atoms with Gasteiger partial charge in [0.25, 0.3) is 0 Å². The van der Waals surface area contributed by atoms with Crippen LogP contribution in [0.15, 0.2) is 60.8 Å². The molecule has 0 aliphatic rings. The number of rotatable bonds is 43. The quantitative estimate of drug-likeness (QED) is 0.0234. The normalized spacial score (nSPS) is 14.3. The van der Waals surface area contributed by atoms with E-state index in [4.69, 9.17) is 19.1 Å². The third-order valence-corrected chi connectivity index (χ3v) is 10.6. The molecule has 10 nitrogen and oxygen atoms in total. The number of unbranched alkanes of at least 4 members (excludes halogenated alkanes) is 19. The summed E-state index contributed by atoms with van der Waals surface area (Å²) in [5, 5.41) is 18.3. The van der Waals surface area contributed by atoms with Crippen molar-refractivity contribution in [3.05, 3.63) is 60.8 Å². The average Bonchev–Trinajstić information content (AvgIpc) is 3.22. The van der Waals surface area contributed by atoms with Crippen molar-refractivity contribution in [2.75, 3.05) is 26.4 Å². The smallest absolute Gasteiger partial charge is 0.462 e. The van der Waals surface area contributed by atoms with E-state index >= 15 is 0 Å². The van der Waals surface area contributed by atoms with E-state index in [0.717, 1.165) is 32.1 Å². The second-order valence-corrected chi connectivity index (χ2v) is 16.9. The highest BCUT2D eigenvalue weighted by Gasteiger charge is 2.27. The standard InChI is InChI=1S/C48H85O10P/c1-3-5-7-9-11-13-15-17-19-20-21-22-23-24-26-28-30-32-34-36-38-40-48(52)58-46(44-57-59(53,54)56-42-45(50)41-49)43-55-47(51)39-37-35-33-31-29-27-25-18-16-14-12-10-8-6-4-2/h19-20,22-23,26,28,32-35,45-46,49-50H,3-18,21,24-25,27,29-31,36-44H2,1-2H3,(H,53,54)/b20-19+,23-22+,28-26+,34-32+,35-33+/t45-,46+/m0/s1. The Kier molecular flexibility index (Phi) is 42.0. The Morgan fingerprint density at radius 3 is 1.41 bits per heavy atom. The minimum absolute atomic E-state index is 0.100. The van der Waals surface area contributed by atoms with Crippen LogP contribution in [0, 0.1) is 0 Å². The molecule has 0 spiro atoms. The van der Waals surface area contributed by atoms with Gasteiger partial charge in [0.05, 0.1) is 19.8 Å². The number of phosphoric ester groups is 1. The summed E-state index contributed by atoms with van der Waals surface area (Å²) in [6.45, 7) is 2.28. The molecule has 0 saturated heterocycles. The fourth-order valence-electron chi connectivity index (χ4n) is 6.06. The number of phosphoric acid groups is 1. The van der Waals surface area contributed by atoms with Gasteiger partial charge in [-0.15, -0.1) is 0 Å². The Morgan fingerprint density at radius 2 is 0.915 bits per heavy atom. The molecule has 0 aliphatic heterocycles. The predicted octanol–water partition coefficient (Wildman–Crippen LogP) is 12.7. The van der Waals surface area contributed by atoms with Crippen LogP contribution in [0.3, 0.4) is 0 Å². The number of carbonyl (C=O) groups excluding carboxylic acids is 2. The van der Waals surface area contributed by atoms with E-state index in [1.165, 1.54) is 116 Å². The molecule has 59 heavy (non-hydrogen) atoms. The lowest BCUT2D eigenvalue weighted by atomic mass is 10.1. The molecular formula is C48H85O10P. The number of ether oxygens (including phenoxy) is 2. The minimum Gasteiger partial charge on any atom is -0.462 e. The summed E-state index contributed by atoms with van der Waals surface area (Å²) >= 11 is 0. The fraction of sp³-hybridized carbons (Fsp3) is 0.750. The first-order valence-corrected chi connectivity index (χ1v) is 24.7. The zero-order valence-corrected chi connectivity index (χ0v) is 38.1. The molecule has 0 bridgehead atoms. The van der Waals surface area contributed by atoms with Gasteiger partial charge in [-0.2, -0.15) is 0 Å². The highest BCUT2D eigenvalue weighted by Crippen LogP contribution is 2.43. The van der Waals surface area contributed by atoms with Crippen LogP contribution in [-0.4, -0.2) is 65.7 Å². The molecular weight excluding hydrogens is 767 g/mol. The molecule has 0 heterocycles. The minimum atomic E-state index is -4.64. The maximum atomic E-state index is 12.6. The molecule has 0 aromatic rings. The summed E-state index contributed by atoms with van der Waals surface area (Å²) in [6.07, 6.45) is 49.3. The van der Waals surface area contributed by atoms with Crippen LogP contribution in [0.1, 0.15) is 194 Å². The van der Waals surface area contributed by atoms with E-state index < -0.39 is 51.8 Å². The molecule has 0 radical (unpaired) electrons. The second-order valence-electron chi connectivity index (χ2n) is 15.4. The number of esters is 2. The fourth-order valence-corrected chi connectivity index (χ4v) is 6.85. The van der Waals surface area contributed by atoms with Crippen LogP contribution in [0.25, 0.3) is 0 Å². The SMILES string of the molecule is CCCCCCCCC/C=C/C/C=C/C/C=C/C/C=C/CCCC(=O)O[C@H](COC(=O)CC/C=C/CCCCCCCCCCCCC)COP(=O)(O)OC[C@@H](O)CO. The van der Waals surface area contributed by atoms with Crippen molar-refractivity contribution in [3.8, 4) is 0 Å². The van der Waals surface area contributed by atoms with Gasteiger partial charge >= 0.3 is 19.8 Å². The zero-order valence-electron chi connectivity index (χ0n) is 37.2. The largest absolute Gasteiger partial charge is 0.472 e. The molecule has 0 aliphatic carbocycles. The van der Waals surface area contributed by atoms with Crippen molar-refractivity contribution >= 4 is 19.8 Å². The summed E-state index contributed by atoms with van der Waals surface area (Å²) in [5.74, 6) is -1.05. The molecule has 1 unspecified atom stereocenters. The van der Waals surface area contributed by atoms with Gasteiger partial charge in [0.1, 0.15) is 12.7 Å².